The van der Waals surface area contributed by atoms with Crippen LogP contribution in [0, 0.1) is 11.8 Å². The van der Waals surface area contributed by atoms with Gasteiger partial charge in [-0.25, -0.2) is 0 Å². The van der Waals surface area contributed by atoms with Gasteiger partial charge >= 0.3 is 0 Å². The average molecular weight is 266 g/mol. The fourth-order valence-electron chi connectivity index (χ4n) is 2.71. The van der Waals surface area contributed by atoms with Gasteiger partial charge in [-0.3, -0.25) is 4.99 Å². The van der Waals surface area contributed by atoms with Crippen molar-refractivity contribution in [2.75, 3.05) is 39.3 Å². The number of hydrogen-bond acceptors (Lipinski definition) is 2. The summed E-state index contributed by atoms with van der Waals surface area (Å²) in [5.41, 5.74) is 0. The van der Waals surface area contributed by atoms with E-state index >= 15 is 0 Å². The van der Waals surface area contributed by atoms with Crippen molar-refractivity contribution in [3.63, 3.8) is 0 Å². The van der Waals surface area contributed by atoms with Crippen LogP contribution < -0.4 is 10.6 Å². The Morgan fingerprint density at radius 2 is 2.00 bits per heavy atom. The van der Waals surface area contributed by atoms with Crippen molar-refractivity contribution >= 4 is 5.96 Å². The fraction of sp³-hybridized carbons (Fsp3) is 0.933. The van der Waals surface area contributed by atoms with Crippen LogP contribution in [0.2, 0.25) is 0 Å². The zero-order chi connectivity index (χ0) is 13.5. The van der Waals surface area contributed by atoms with Gasteiger partial charge < -0.3 is 15.5 Å². The summed E-state index contributed by atoms with van der Waals surface area (Å²) in [7, 11) is 0. The molecule has 0 aromatic rings. The lowest BCUT2D eigenvalue weighted by Crippen LogP contribution is -2.40. The molecule has 1 aliphatic carbocycles. The first-order valence-corrected chi connectivity index (χ1v) is 8.06. The van der Waals surface area contributed by atoms with Gasteiger partial charge in [0.05, 0.1) is 0 Å². The Kier molecular flexibility index (Phi) is 5.95. The van der Waals surface area contributed by atoms with E-state index in [2.05, 4.69) is 29.4 Å². The summed E-state index contributed by atoms with van der Waals surface area (Å²) in [6.07, 6.45) is 5.45. The van der Waals surface area contributed by atoms with Crippen LogP contribution >= 0.6 is 0 Å². The summed E-state index contributed by atoms with van der Waals surface area (Å²) in [5, 5.41) is 6.83. The molecule has 0 aromatic carbocycles. The number of nitrogens with one attached hydrogen (secondary N) is 2. The maximum absolute atomic E-state index is 4.77. The largest absolute Gasteiger partial charge is 0.357 e. The summed E-state index contributed by atoms with van der Waals surface area (Å²) < 4.78 is 0. The molecule has 2 fully saturated rings. The zero-order valence-electron chi connectivity index (χ0n) is 12.6. The lowest BCUT2D eigenvalue weighted by Gasteiger charge is -2.31. The molecule has 1 aliphatic heterocycles. The van der Waals surface area contributed by atoms with Gasteiger partial charge in [0, 0.05) is 26.2 Å². The molecule has 4 nitrogen and oxygen atoms in total. The van der Waals surface area contributed by atoms with Gasteiger partial charge in [-0.05, 0) is 57.5 Å². The van der Waals surface area contributed by atoms with Gasteiger partial charge in [0.25, 0.3) is 0 Å². The molecule has 1 saturated heterocycles. The second-order valence-corrected chi connectivity index (χ2v) is 5.95. The van der Waals surface area contributed by atoms with E-state index in [-0.39, 0.29) is 0 Å². The topological polar surface area (TPSA) is 39.7 Å². The Balaban J connectivity index is 1.75. The number of hydrogen-bond donors (Lipinski definition) is 2. The molecule has 1 atom stereocenters. The van der Waals surface area contributed by atoms with E-state index < -0.39 is 0 Å². The molecule has 0 bridgehead atoms. The minimum atomic E-state index is 0.741. The molecule has 2 rings (SSSR count). The van der Waals surface area contributed by atoms with Gasteiger partial charge in [0.2, 0.25) is 0 Å². The predicted molar refractivity (Wildman–Crippen MR) is 81.5 cm³/mol. The molecule has 19 heavy (non-hydrogen) atoms. The maximum Gasteiger partial charge on any atom is 0.191 e. The van der Waals surface area contributed by atoms with Crippen LogP contribution in [-0.2, 0) is 0 Å². The van der Waals surface area contributed by atoms with Crippen LogP contribution in [0.5, 0.6) is 0 Å². The Hall–Kier alpha value is -0.770. The molecule has 0 radical (unpaired) electrons. The number of aliphatic imine (C=N–C) groups is 1. The highest BCUT2D eigenvalue weighted by molar-refractivity contribution is 5.79. The van der Waals surface area contributed by atoms with E-state index in [4.69, 9.17) is 4.99 Å². The van der Waals surface area contributed by atoms with Crippen molar-refractivity contribution in [2.45, 2.75) is 39.5 Å². The Labute approximate surface area is 118 Å². The van der Waals surface area contributed by atoms with Crippen LogP contribution in [0.1, 0.15) is 39.5 Å². The van der Waals surface area contributed by atoms with Gasteiger partial charge in [0.1, 0.15) is 0 Å². The SMILES string of the molecule is CCNC(=NCC1CCCN(CC)C1)NCC1CC1. The van der Waals surface area contributed by atoms with Crippen molar-refractivity contribution in [3.8, 4) is 0 Å². The van der Waals surface area contributed by atoms with Crippen molar-refractivity contribution in [2.24, 2.45) is 16.8 Å². The minimum Gasteiger partial charge on any atom is -0.357 e. The molecule has 2 aliphatic rings. The first-order valence-electron chi connectivity index (χ1n) is 8.06. The van der Waals surface area contributed by atoms with Crippen LogP contribution in [0.15, 0.2) is 4.99 Å². The molecule has 0 aromatic heterocycles. The minimum absolute atomic E-state index is 0.741. The van der Waals surface area contributed by atoms with Crippen LogP contribution in [0.4, 0.5) is 0 Å². The zero-order valence-corrected chi connectivity index (χ0v) is 12.6. The molecule has 2 N–H and O–H groups in total. The average Bonchev–Trinajstić information content (AvgIpc) is 3.26. The lowest BCUT2D eigenvalue weighted by atomic mass is 9.98. The summed E-state index contributed by atoms with van der Waals surface area (Å²) in [6.45, 7) is 11.1. The van der Waals surface area contributed by atoms with Crippen LogP contribution in [-0.4, -0.2) is 50.1 Å². The van der Waals surface area contributed by atoms with E-state index in [1.165, 1.54) is 45.3 Å². The van der Waals surface area contributed by atoms with Crippen LogP contribution in [0.25, 0.3) is 0 Å². The summed E-state index contributed by atoms with van der Waals surface area (Å²) in [5.74, 6) is 2.65. The second-order valence-electron chi connectivity index (χ2n) is 5.95. The highest BCUT2D eigenvalue weighted by Crippen LogP contribution is 2.27. The number of guanidine groups is 1. The van der Waals surface area contributed by atoms with E-state index in [1.54, 1.807) is 0 Å². The summed E-state index contributed by atoms with van der Waals surface area (Å²) >= 11 is 0. The third-order valence-corrected chi connectivity index (χ3v) is 4.16. The molecule has 0 amide bonds. The Bertz CT molecular complexity index is 286. The smallest absolute Gasteiger partial charge is 0.191 e. The predicted octanol–water partition coefficient (Wildman–Crippen LogP) is 1.68. The fourth-order valence-corrected chi connectivity index (χ4v) is 2.71. The number of rotatable bonds is 6. The summed E-state index contributed by atoms with van der Waals surface area (Å²) in [6, 6.07) is 0. The lowest BCUT2D eigenvalue weighted by molar-refractivity contribution is 0.186. The van der Waals surface area contributed by atoms with Crippen molar-refractivity contribution in [1.82, 2.24) is 15.5 Å². The molecule has 1 unspecified atom stereocenters. The van der Waals surface area contributed by atoms with Gasteiger partial charge in [0.15, 0.2) is 5.96 Å². The van der Waals surface area contributed by atoms with E-state index in [0.717, 1.165) is 37.4 Å². The first kappa shape index (κ1) is 14.6. The monoisotopic (exact) mass is 266 g/mol. The molecule has 0 spiro atoms. The third kappa shape index (κ3) is 5.39. The molecule has 4 heteroatoms. The molecule has 1 heterocycles. The Morgan fingerprint density at radius 3 is 2.68 bits per heavy atom. The standard InChI is InChI=1S/C15H30N4/c1-3-16-15(17-10-13-7-8-13)18-11-14-6-5-9-19(4-2)12-14/h13-14H,3-12H2,1-2H3,(H2,16,17,18). The van der Waals surface area contributed by atoms with Crippen molar-refractivity contribution in [1.29, 1.82) is 0 Å². The van der Waals surface area contributed by atoms with Gasteiger partial charge in [-0.1, -0.05) is 6.92 Å². The first-order chi connectivity index (χ1) is 9.31. The third-order valence-electron chi connectivity index (χ3n) is 4.16. The number of likely N-dealkylation sites (tertiary alicyclic amines) is 1. The van der Waals surface area contributed by atoms with Gasteiger partial charge in [-0.15, -0.1) is 0 Å². The quantitative estimate of drug-likeness (QED) is 0.568. The highest BCUT2D eigenvalue weighted by atomic mass is 15.2. The molecule has 110 valence electrons. The van der Waals surface area contributed by atoms with Crippen LogP contribution in [0.3, 0.4) is 0 Å². The molecular weight excluding hydrogens is 236 g/mol. The molecule has 1 saturated carbocycles. The summed E-state index contributed by atoms with van der Waals surface area (Å²) in [4.78, 5) is 7.32. The Morgan fingerprint density at radius 1 is 1.16 bits per heavy atom. The second kappa shape index (κ2) is 7.73. The number of piperidine rings is 1. The maximum atomic E-state index is 4.77. The number of nitrogens with zero attached hydrogens (tertiary/aromatic N) is 2. The van der Waals surface area contributed by atoms with E-state index in [1.807, 2.05) is 0 Å². The van der Waals surface area contributed by atoms with Gasteiger partial charge in [-0.2, -0.15) is 0 Å². The highest BCUT2D eigenvalue weighted by Gasteiger charge is 2.21. The van der Waals surface area contributed by atoms with E-state index in [0.29, 0.717) is 0 Å². The van der Waals surface area contributed by atoms with Crippen molar-refractivity contribution in [3.05, 3.63) is 0 Å². The molecular formula is C15H30N4. The van der Waals surface area contributed by atoms with Crippen molar-refractivity contribution < 1.29 is 0 Å². The van der Waals surface area contributed by atoms with E-state index in [9.17, 15) is 0 Å². The normalized spacial score (nSPS) is 25.4.